The molecule has 0 amide bonds. The summed E-state index contributed by atoms with van der Waals surface area (Å²) >= 11 is 0. The zero-order valence-electron chi connectivity index (χ0n) is 10.4. The van der Waals surface area contributed by atoms with Crippen molar-refractivity contribution in [3.05, 3.63) is 24.1 Å². The molecule has 0 saturated heterocycles. The molecular formula is C14H25FO. The van der Waals surface area contributed by atoms with Gasteiger partial charge in [0.05, 0.1) is 0 Å². The maximum atomic E-state index is 13.0. The van der Waals surface area contributed by atoms with Gasteiger partial charge in [0.25, 0.3) is 0 Å². The van der Waals surface area contributed by atoms with Crippen molar-refractivity contribution in [1.29, 1.82) is 0 Å². The van der Waals surface area contributed by atoms with Crippen molar-refractivity contribution in [2.45, 2.75) is 58.3 Å². The second-order valence-corrected chi connectivity index (χ2v) is 4.06. The van der Waals surface area contributed by atoms with E-state index in [9.17, 15) is 4.39 Å². The van der Waals surface area contributed by atoms with Crippen LogP contribution in [0.2, 0.25) is 0 Å². The van der Waals surface area contributed by atoms with E-state index in [1.54, 1.807) is 12.2 Å². The molecule has 0 spiro atoms. The monoisotopic (exact) mass is 228 g/mol. The van der Waals surface area contributed by atoms with Gasteiger partial charge in [-0.25, -0.2) is 4.39 Å². The van der Waals surface area contributed by atoms with Gasteiger partial charge in [0.1, 0.15) is 5.83 Å². The number of aliphatic hydroxyl groups is 1. The first-order chi connectivity index (χ1) is 7.81. The van der Waals surface area contributed by atoms with E-state index in [1.165, 1.54) is 38.2 Å². The van der Waals surface area contributed by atoms with Crippen LogP contribution in [0.15, 0.2) is 24.1 Å². The molecule has 0 aliphatic heterocycles. The van der Waals surface area contributed by atoms with Gasteiger partial charge >= 0.3 is 0 Å². The Kier molecular flexibility index (Phi) is 11.9. The molecule has 0 heterocycles. The lowest BCUT2D eigenvalue weighted by molar-refractivity contribution is 0.302. The van der Waals surface area contributed by atoms with Gasteiger partial charge < -0.3 is 5.11 Å². The number of unbranched alkanes of at least 4 members (excludes halogenated alkanes) is 6. The van der Waals surface area contributed by atoms with Crippen molar-refractivity contribution in [3.8, 4) is 0 Å². The molecule has 94 valence electrons. The lowest BCUT2D eigenvalue weighted by atomic mass is 10.1. The smallest absolute Gasteiger partial charge is 0.118 e. The molecule has 0 fully saturated rings. The Balaban J connectivity index is 3.37. The quantitative estimate of drug-likeness (QED) is 0.430. The Morgan fingerprint density at radius 1 is 1.06 bits per heavy atom. The summed E-state index contributed by atoms with van der Waals surface area (Å²) < 4.78 is 13.0. The summed E-state index contributed by atoms with van der Waals surface area (Å²) in [5, 5.41) is 8.50. The highest BCUT2D eigenvalue weighted by Crippen LogP contribution is 2.09. The highest BCUT2D eigenvalue weighted by atomic mass is 19.1. The second kappa shape index (κ2) is 12.4. The Bertz CT molecular complexity index is 197. The van der Waals surface area contributed by atoms with Crippen LogP contribution in [0.3, 0.4) is 0 Å². The van der Waals surface area contributed by atoms with E-state index in [0.29, 0.717) is 6.42 Å². The summed E-state index contributed by atoms with van der Waals surface area (Å²) in [6.07, 6.45) is 13.5. The number of rotatable bonds is 10. The van der Waals surface area contributed by atoms with E-state index in [2.05, 4.69) is 6.92 Å². The molecule has 0 aromatic carbocycles. The van der Waals surface area contributed by atoms with Crippen LogP contribution in [0.4, 0.5) is 4.39 Å². The molecule has 0 atom stereocenters. The zero-order valence-corrected chi connectivity index (χ0v) is 10.4. The summed E-state index contributed by atoms with van der Waals surface area (Å²) in [4.78, 5) is 0. The maximum Gasteiger partial charge on any atom is 0.118 e. The van der Waals surface area contributed by atoms with Gasteiger partial charge in [-0.15, -0.1) is 0 Å². The molecule has 0 bridgehead atoms. The molecule has 0 rings (SSSR count). The molecule has 0 unspecified atom stereocenters. The number of halogens is 1. The molecule has 0 aliphatic carbocycles. The van der Waals surface area contributed by atoms with E-state index in [-0.39, 0.29) is 12.4 Å². The van der Waals surface area contributed by atoms with E-state index >= 15 is 0 Å². The lowest BCUT2D eigenvalue weighted by Gasteiger charge is -1.97. The van der Waals surface area contributed by atoms with Crippen molar-refractivity contribution in [1.82, 2.24) is 0 Å². The van der Waals surface area contributed by atoms with Crippen LogP contribution in [0.1, 0.15) is 58.3 Å². The molecular weight excluding hydrogens is 203 g/mol. The van der Waals surface area contributed by atoms with Crippen LogP contribution in [0, 0.1) is 0 Å². The second-order valence-electron chi connectivity index (χ2n) is 4.06. The third-order valence-electron chi connectivity index (χ3n) is 2.47. The van der Waals surface area contributed by atoms with E-state index in [1.807, 2.05) is 0 Å². The number of hydrogen-bond acceptors (Lipinski definition) is 1. The highest BCUT2D eigenvalue weighted by molar-refractivity contribution is 5.10. The molecule has 0 radical (unpaired) electrons. The van der Waals surface area contributed by atoms with Crippen molar-refractivity contribution in [3.63, 3.8) is 0 Å². The summed E-state index contributed by atoms with van der Waals surface area (Å²) in [5.74, 6) is -0.179. The van der Waals surface area contributed by atoms with E-state index in [4.69, 9.17) is 5.11 Å². The minimum Gasteiger partial charge on any atom is -0.396 e. The third kappa shape index (κ3) is 11.4. The van der Waals surface area contributed by atoms with Gasteiger partial charge in [-0.1, -0.05) is 45.1 Å². The van der Waals surface area contributed by atoms with Gasteiger partial charge in [0.2, 0.25) is 0 Å². The zero-order chi connectivity index (χ0) is 12.1. The predicted octanol–water partition coefficient (Wildman–Crippen LogP) is 4.53. The first-order valence-electron chi connectivity index (χ1n) is 6.44. The van der Waals surface area contributed by atoms with Gasteiger partial charge in [0, 0.05) is 6.61 Å². The van der Waals surface area contributed by atoms with Gasteiger partial charge in [-0.05, 0) is 31.4 Å². The SMILES string of the molecule is CCCCCCCC/C=C(F)/C=C\CCO. The van der Waals surface area contributed by atoms with Crippen LogP contribution in [0.5, 0.6) is 0 Å². The molecule has 16 heavy (non-hydrogen) atoms. The largest absolute Gasteiger partial charge is 0.396 e. The molecule has 0 aromatic rings. The number of allylic oxidation sites excluding steroid dienone is 3. The summed E-state index contributed by atoms with van der Waals surface area (Å²) in [6.45, 7) is 2.29. The van der Waals surface area contributed by atoms with Crippen molar-refractivity contribution in [2.24, 2.45) is 0 Å². The van der Waals surface area contributed by atoms with E-state index in [0.717, 1.165) is 12.8 Å². The van der Waals surface area contributed by atoms with Gasteiger partial charge in [-0.2, -0.15) is 0 Å². The molecule has 0 saturated carbocycles. The molecule has 1 nitrogen and oxygen atoms in total. The number of hydrogen-bond donors (Lipinski definition) is 1. The Morgan fingerprint density at radius 2 is 1.75 bits per heavy atom. The van der Waals surface area contributed by atoms with Crippen LogP contribution in [0.25, 0.3) is 0 Å². The Morgan fingerprint density at radius 3 is 2.44 bits per heavy atom. The topological polar surface area (TPSA) is 20.2 Å². The van der Waals surface area contributed by atoms with Crippen molar-refractivity contribution < 1.29 is 9.50 Å². The van der Waals surface area contributed by atoms with Crippen LogP contribution < -0.4 is 0 Å². The fourth-order valence-electron chi connectivity index (χ4n) is 1.50. The van der Waals surface area contributed by atoms with E-state index < -0.39 is 0 Å². The summed E-state index contributed by atoms with van der Waals surface area (Å²) in [6, 6.07) is 0. The summed E-state index contributed by atoms with van der Waals surface area (Å²) in [7, 11) is 0. The fourth-order valence-corrected chi connectivity index (χ4v) is 1.50. The normalized spacial score (nSPS) is 12.6. The Labute approximate surface area is 99.1 Å². The molecule has 0 aromatic heterocycles. The molecule has 2 heteroatoms. The van der Waals surface area contributed by atoms with Crippen molar-refractivity contribution in [2.75, 3.05) is 6.61 Å². The van der Waals surface area contributed by atoms with Crippen LogP contribution >= 0.6 is 0 Å². The Hall–Kier alpha value is -0.630. The van der Waals surface area contributed by atoms with Gasteiger partial charge in [-0.3, -0.25) is 0 Å². The standard InChI is InChI=1S/C14H25FO/c1-2-3-4-5-6-7-8-11-14(15)12-9-10-13-16/h9,11-12,16H,2-8,10,13H2,1H3/b12-9-,14-11-. The molecule has 0 aliphatic rings. The van der Waals surface area contributed by atoms with Crippen LogP contribution in [-0.4, -0.2) is 11.7 Å². The fraction of sp³-hybridized carbons (Fsp3) is 0.714. The third-order valence-corrected chi connectivity index (χ3v) is 2.47. The summed E-state index contributed by atoms with van der Waals surface area (Å²) in [5.41, 5.74) is 0. The lowest BCUT2D eigenvalue weighted by Crippen LogP contribution is -1.79. The first-order valence-corrected chi connectivity index (χ1v) is 6.44. The number of aliphatic hydroxyl groups excluding tert-OH is 1. The minimum atomic E-state index is -0.179. The van der Waals surface area contributed by atoms with Crippen molar-refractivity contribution >= 4 is 0 Å². The first kappa shape index (κ1) is 15.4. The van der Waals surface area contributed by atoms with Crippen LogP contribution in [-0.2, 0) is 0 Å². The average molecular weight is 228 g/mol. The predicted molar refractivity (Wildman–Crippen MR) is 68.0 cm³/mol. The highest BCUT2D eigenvalue weighted by Gasteiger charge is 1.90. The van der Waals surface area contributed by atoms with Gasteiger partial charge in [0.15, 0.2) is 0 Å². The average Bonchev–Trinajstić information content (AvgIpc) is 2.28. The maximum absolute atomic E-state index is 13.0. The molecule has 1 N–H and O–H groups in total. The minimum absolute atomic E-state index is 0.0845.